The molecule has 9 nitrogen and oxygen atoms in total. The van der Waals surface area contributed by atoms with E-state index in [0.29, 0.717) is 19.6 Å². The van der Waals surface area contributed by atoms with Crippen molar-refractivity contribution in [3.05, 3.63) is 44.2 Å². The van der Waals surface area contributed by atoms with E-state index in [-0.39, 0.29) is 17.7 Å². The molecule has 0 aliphatic rings. The average Bonchev–Trinajstić information content (AvgIpc) is 2.94. The first kappa shape index (κ1) is 39.2. The van der Waals surface area contributed by atoms with Gasteiger partial charge in [0.25, 0.3) is 5.56 Å². The van der Waals surface area contributed by atoms with Crippen LogP contribution in [0, 0.1) is 0 Å². The second-order valence-electron chi connectivity index (χ2n) is 11.3. The molecule has 248 valence electrons. The molecule has 0 amide bonds. The molecule has 0 saturated heterocycles. The minimum Gasteiger partial charge on any atom is -0.431 e. The summed E-state index contributed by atoms with van der Waals surface area (Å²) >= 11 is 5.81. The Bertz CT molecular complexity index is 1080. The average molecular weight is 647 g/mol. The molecule has 0 aromatic carbocycles. The second kappa shape index (κ2) is 24.5. The smallest absolute Gasteiger partial charge is 0.431 e. The van der Waals surface area contributed by atoms with Crippen LogP contribution in [0.15, 0.2) is 27.9 Å². The Balaban J connectivity index is 2.27. The highest BCUT2D eigenvalue weighted by Gasteiger charge is 2.19. The van der Waals surface area contributed by atoms with E-state index in [1.807, 2.05) is 0 Å². The van der Waals surface area contributed by atoms with Crippen molar-refractivity contribution in [2.45, 2.75) is 130 Å². The summed E-state index contributed by atoms with van der Waals surface area (Å²) in [6, 6.07) is 0. The maximum atomic E-state index is 12.2. The molecule has 0 spiro atoms. The minimum atomic E-state index is -2.74. The fourth-order valence-electron chi connectivity index (χ4n) is 4.38. The van der Waals surface area contributed by atoms with Gasteiger partial charge in [0.15, 0.2) is 7.34 Å². The molecule has 1 unspecified atom stereocenters. The van der Waals surface area contributed by atoms with Gasteiger partial charge in [-0.2, -0.15) is 0 Å². The van der Waals surface area contributed by atoms with Crippen LogP contribution < -0.4 is 11.2 Å². The van der Waals surface area contributed by atoms with Gasteiger partial charge < -0.3 is 18.5 Å². The van der Waals surface area contributed by atoms with Gasteiger partial charge in [0.2, 0.25) is 0 Å². The first-order valence-electron chi connectivity index (χ1n) is 16.2. The number of unbranched alkanes of at least 4 members (excludes halogenated alkanes) is 13. The van der Waals surface area contributed by atoms with Crippen molar-refractivity contribution in [2.75, 3.05) is 26.5 Å². The molecule has 1 aromatic rings. The standard InChI is InChI=1S/C32H56ClN2O7P/c1-5-6-7-8-9-10-11-12-13-14-15-16-17-19-23-39-24-21-25-40-43(4,42-32(38)41-28(2)3)26-20-18-22-35-27-29(33)30(36)34-31(35)37/h18,20,26-28H,5-17,19,21-25H2,1-4H3,(H,34,36,37)/b20-18+. The molecular formula is C32H56ClN2O7P. The monoisotopic (exact) mass is 646 g/mol. The molecule has 0 aliphatic heterocycles. The Hall–Kier alpha value is -1.80. The normalized spacial score (nSPS) is 13.0. The molecule has 0 aliphatic carbocycles. The number of aromatic amines is 1. The molecule has 0 saturated carbocycles. The highest BCUT2D eigenvalue weighted by Crippen LogP contribution is 2.46. The molecule has 0 radical (unpaired) electrons. The van der Waals surface area contributed by atoms with Gasteiger partial charge in [0.1, 0.15) is 5.02 Å². The van der Waals surface area contributed by atoms with Crippen molar-refractivity contribution in [1.29, 1.82) is 0 Å². The maximum absolute atomic E-state index is 12.2. The summed E-state index contributed by atoms with van der Waals surface area (Å²) in [5.41, 5.74) is -1.20. The predicted octanol–water partition coefficient (Wildman–Crippen LogP) is 8.49. The van der Waals surface area contributed by atoms with E-state index >= 15 is 0 Å². The third-order valence-electron chi connectivity index (χ3n) is 6.77. The molecule has 1 N–H and O–H groups in total. The Morgan fingerprint density at radius 3 is 2.05 bits per heavy atom. The fourth-order valence-corrected chi connectivity index (χ4v) is 6.01. The largest absolute Gasteiger partial charge is 0.513 e. The molecule has 1 rings (SSSR count). The van der Waals surface area contributed by atoms with E-state index in [1.165, 1.54) is 94.2 Å². The number of ether oxygens (including phenoxy) is 2. The van der Waals surface area contributed by atoms with E-state index in [0.717, 1.165) is 13.0 Å². The van der Waals surface area contributed by atoms with Gasteiger partial charge in [0, 0.05) is 32.6 Å². The third kappa shape index (κ3) is 20.7. The summed E-state index contributed by atoms with van der Waals surface area (Å²) in [6.45, 7) is 9.30. The maximum Gasteiger partial charge on any atom is 0.513 e. The highest BCUT2D eigenvalue weighted by atomic mass is 35.5. The van der Waals surface area contributed by atoms with Crippen LogP contribution in [-0.2, 0) is 25.1 Å². The van der Waals surface area contributed by atoms with E-state index in [4.69, 9.17) is 30.1 Å². The Morgan fingerprint density at radius 1 is 0.907 bits per heavy atom. The molecule has 1 heterocycles. The van der Waals surface area contributed by atoms with Crippen LogP contribution in [0.25, 0.3) is 0 Å². The zero-order valence-electron chi connectivity index (χ0n) is 27.0. The van der Waals surface area contributed by atoms with Crippen molar-refractivity contribution in [2.24, 2.45) is 0 Å². The summed E-state index contributed by atoms with van der Waals surface area (Å²) in [4.78, 5) is 37.7. The van der Waals surface area contributed by atoms with Gasteiger partial charge >= 0.3 is 11.8 Å². The number of halogens is 1. The number of carbonyl (C=O) groups is 1. The number of H-pyrrole nitrogens is 1. The first-order valence-corrected chi connectivity index (χ1v) is 18.7. The lowest BCUT2D eigenvalue weighted by Gasteiger charge is -2.21. The van der Waals surface area contributed by atoms with Crippen LogP contribution in [-0.4, -0.2) is 54.1 Å². The summed E-state index contributed by atoms with van der Waals surface area (Å²) in [7, 11) is -2.74. The van der Waals surface area contributed by atoms with Gasteiger partial charge in [-0.25, -0.2) is 9.59 Å². The number of hydrogen-bond acceptors (Lipinski definition) is 7. The Kier molecular flexibility index (Phi) is 22.4. The minimum absolute atomic E-state index is 0.0796. The van der Waals surface area contributed by atoms with Gasteiger partial charge in [-0.15, -0.1) is 0 Å². The molecule has 0 fully saturated rings. The Labute approximate surface area is 263 Å². The van der Waals surface area contributed by atoms with Crippen molar-refractivity contribution < 1.29 is 23.3 Å². The zero-order chi connectivity index (χ0) is 31.8. The SMILES string of the molecule is CCCCCCCCCCCCCCCCOCCCOP(C)(=C/C=C/Cn1cc(Cl)c(=O)[nH]c1=O)OC(=O)OC(C)C. The first-order chi connectivity index (χ1) is 20.7. The lowest BCUT2D eigenvalue weighted by atomic mass is 10.0. The molecular weight excluding hydrogens is 591 g/mol. The van der Waals surface area contributed by atoms with Crippen LogP contribution in [0.1, 0.15) is 117 Å². The molecule has 1 atom stereocenters. The van der Waals surface area contributed by atoms with E-state index < -0.39 is 24.7 Å². The summed E-state index contributed by atoms with van der Waals surface area (Å²) in [5.74, 6) is 1.67. The fraction of sp³-hybridized carbons (Fsp3) is 0.750. The number of rotatable bonds is 25. The lowest BCUT2D eigenvalue weighted by molar-refractivity contribution is 0.0701. The predicted molar refractivity (Wildman–Crippen MR) is 179 cm³/mol. The number of aromatic nitrogens is 2. The van der Waals surface area contributed by atoms with Crippen molar-refractivity contribution in [1.82, 2.24) is 9.55 Å². The van der Waals surface area contributed by atoms with Gasteiger partial charge in [-0.3, -0.25) is 14.3 Å². The second-order valence-corrected chi connectivity index (χ2v) is 14.2. The zero-order valence-corrected chi connectivity index (χ0v) is 28.6. The summed E-state index contributed by atoms with van der Waals surface area (Å²) < 4.78 is 23.7. The number of carbonyl (C=O) groups excluding carboxylic acids is 1. The Morgan fingerprint density at radius 2 is 1.47 bits per heavy atom. The summed E-state index contributed by atoms with van der Waals surface area (Å²) in [6.07, 6.45) is 22.8. The molecule has 43 heavy (non-hydrogen) atoms. The highest BCUT2D eigenvalue weighted by molar-refractivity contribution is 7.65. The molecule has 0 bridgehead atoms. The molecule has 1 aromatic heterocycles. The topological polar surface area (TPSA) is 109 Å². The van der Waals surface area contributed by atoms with Crippen LogP contribution in [0.2, 0.25) is 5.02 Å². The number of hydrogen-bond donors (Lipinski definition) is 1. The quantitative estimate of drug-likeness (QED) is 0.0644. The van der Waals surface area contributed by atoms with Crippen LogP contribution in [0.3, 0.4) is 0 Å². The number of nitrogens with zero attached hydrogens (tertiary/aromatic N) is 1. The van der Waals surface area contributed by atoms with Crippen LogP contribution in [0.5, 0.6) is 0 Å². The van der Waals surface area contributed by atoms with Gasteiger partial charge in [-0.05, 0) is 32.5 Å². The molecule has 11 heteroatoms. The van der Waals surface area contributed by atoms with E-state index in [1.54, 1.807) is 38.5 Å². The van der Waals surface area contributed by atoms with Gasteiger partial charge in [0.05, 0.1) is 12.7 Å². The van der Waals surface area contributed by atoms with Gasteiger partial charge in [-0.1, -0.05) is 114 Å². The van der Waals surface area contributed by atoms with Crippen LogP contribution >= 0.6 is 18.9 Å². The van der Waals surface area contributed by atoms with Crippen LogP contribution in [0.4, 0.5) is 4.79 Å². The van der Waals surface area contributed by atoms with Crippen molar-refractivity contribution in [3.8, 4) is 0 Å². The number of nitrogens with one attached hydrogen (secondary N) is 1. The number of allylic oxidation sites excluding steroid dienone is 2. The van der Waals surface area contributed by atoms with Crippen molar-refractivity contribution in [3.63, 3.8) is 0 Å². The van der Waals surface area contributed by atoms with E-state index in [2.05, 4.69) is 11.9 Å². The van der Waals surface area contributed by atoms with Crippen molar-refractivity contribution >= 4 is 30.9 Å². The third-order valence-corrected chi connectivity index (χ3v) is 8.96. The van der Waals surface area contributed by atoms with E-state index in [9.17, 15) is 14.4 Å². The summed E-state index contributed by atoms with van der Waals surface area (Å²) in [5, 5.41) is -0.0796. The lowest BCUT2D eigenvalue weighted by Crippen LogP contribution is -2.29.